The van der Waals surface area contributed by atoms with Gasteiger partial charge in [0.2, 0.25) is 0 Å². The van der Waals surface area contributed by atoms with Crippen LogP contribution in [0.4, 0.5) is 0 Å². The summed E-state index contributed by atoms with van der Waals surface area (Å²) in [5.41, 5.74) is 3.80. The normalized spacial score (nSPS) is 32.8. The number of benzene rings is 1. The Morgan fingerprint density at radius 2 is 2.14 bits per heavy atom. The lowest BCUT2D eigenvalue weighted by atomic mass is 9.60. The van der Waals surface area contributed by atoms with Gasteiger partial charge in [-0.25, -0.2) is 0 Å². The second kappa shape index (κ2) is 4.61. The van der Waals surface area contributed by atoms with Crippen LogP contribution < -0.4 is 4.74 Å². The molecule has 3 nitrogen and oxygen atoms in total. The number of carbonyl (C=O) groups excluding carboxylic acids is 1. The lowest BCUT2D eigenvalue weighted by Gasteiger charge is -2.43. The molecule has 116 valence electrons. The van der Waals surface area contributed by atoms with Gasteiger partial charge in [-0.2, -0.15) is 0 Å². The van der Waals surface area contributed by atoms with Crippen LogP contribution in [0.2, 0.25) is 0 Å². The standard InChI is InChI=1S/C19H22O3/c1-19-8-7-12-13(15(19)5-6-18(19)21)4-3-11-9-16(20)17(22-2)10-14(11)12/h4,9-10,12,15,20H,3,5-8H2,1-2H3/t12-,15-,19-/m0/s1. The minimum atomic E-state index is -0.138. The molecule has 4 rings (SSSR count). The molecule has 2 fully saturated rings. The molecule has 0 aromatic heterocycles. The summed E-state index contributed by atoms with van der Waals surface area (Å²) in [4.78, 5) is 12.3. The quantitative estimate of drug-likeness (QED) is 0.803. The van der Waals surface area contributed by atoms with Gasteiger partial charge in [-0.3, -0.25) is 4.79 Å². The second-order valence-electron chi connectivity index (χ2n) is 7.15. The third-order valence-corrected chi connectivity index (χ3v) is 6.20. The highest BCUT2D eigenvalue weighted by Gasteiger charge is 2.52. The summed E-state index contributed by atoms with van der Waals surface area (Å²) in [5.74, 6) is 2.02. The molecule has 22 heavy (non-hydrogen) atoms. The van der Waals surface area contributed by atoms with Crippen LogP contribution in [0, 0.1) is 11.3 Å². The van der Waals surface area contributed by atoms with E-state index in [0.717, 1.165) is 32.1 Å². The molecule has 1 aromatic carbocycles. The Balaban J connectivity index is 1.78. The molecule has 3 heteroatoms. The Morgan fingerprint density at radius 1 is 1.32 bits per heavy atom. The van der Waals surface area contributed by atoms with E-state index in [1.807, 2.05) is 12.1 Å². The Morgan fingerprint density at radius 3 is 2.91 bits per heavy atom. The Labute approximate surface area is 131 Å². The first-order chi connectivity index (χ1) is 10.5. The molecule has 0 radical (unpaired) electrons. The van der Waals surface area contributed by atoms with Crippen LogP contribution in [0.5, 0.6) is 11.5 Å². The number of hydrogen-bond donors (Lipinski definition) is 1. The lowest BCUT2D eigenvalue weighted by Crippen LogP contribution is -2.37. The first-order valence-electron chi connectivity index (χ1n) is 8.17. The smallest absolute Gasteiger partial charge is 0.160 e. The number of phenols is 1. The first kappa shape index (κ1) is 13.9. The average molecular weight is 298 g/mol. The van der Waals surface area contributed by atoms with E-state index < -0.39 is 0 Å². The summed E-state index contributed by atoms with van der Waals surface area (Å²) < 4.78 is 5.29. The van der Waals surface area contributed by atoms with Crippen molar-refractivity contribution in [3.05, 3.63) is 34.9 Å². The maximum atomic E-state index is 12.3. The van der Waals surface area contributed by atoms with E-state index >= 15 is 0 Å². The molecule has 3 atom stereocenters. The van der Waals surface area contributed by atoms with Crippen molar-refractivity contribution in [2.24, 2.45) is 11.3 Å². The molecular formula is C19H22O3. The number of fused-ring (bicyclic) bond motifs is 5. The van der Waals surface area contributed by atoms with Gasteiger partial charge >= 0.3 is 0 Å². The molecule has 0 aliphatic heterocycles. The average Bonchev–Trinajstić information content (AvgIpc) is 2.82. The van der Waals surface area contributed by atoms with Crippen LogP contribution in [0.3, 0.4) is 0 Å². The SMILES string of the molecule is COc1cc2c(cc1O)CC=C1[C@@H]2CC[C@]2(C)C(=O)CC[C@@H]12. The number of methoxy groups -OCH3 is 1. The molecule has 2 saturated carbocycles. The number of aromatic hydroxyl groups is 1. The van der Waals surface area contributed by atoms with E-state index in [1.165, 1.54) is 16.7 Å². The van der Waals surface area contributed by atoms with Crippen molar-refractivity contribution in [3.8, 4) is 11.5 Å². The van der Waals surface area contributed by atoms with E-state index in [0.29, 0.717) is 23.4 Å². The number of rotatable bonds is 1. The maximum Gasteiger partial charge on any atom is 0.160 e. The zero-order valence-corrected chi connectivity index (χ0v) is 13.2. The van der Waals surface area contributed by atoms with Crippen molar-refractivity contribution in [1.82, 2.24) is 0 Å². The van der Waals surface area contributed by atoms with Crippen LogP contribution in [-0.4, -0.2) is 18.0 Å². The lowest BCUT2D eigenvalue weighted by molar-refractivity contribution is -0.126. The highest BCUT2D eigenvalue weighted by Crippen LogP contribution is 2.58. The summed E-state index contributed by atoms with van der Waals surface area (Å²) >= 11 is 0. The van der Waals surface area contributed by atoms with Gasteiger partial charge in [-0.05, 0) is 54.9 Å². The number of ether oxygens (including phenoxy) is 1. The predicted octanol–water partition coefficient (Wildman–Crippen LogP) is 3.75. The van der Waals surface area contributed by atoms with E-state index in [9.17, 15) is 9.90 Å². The number of hydrogen-bond acceptors (Lipinski definition) is 3. The molecule has 0 saturated heterocycles. The fourth-order valence-corrected chi connectivity index (χ4v) is 4.92. The molecule has 0 heterocycles. The minimum Gasteiger partial charge on any atom is -0.504 e. The topological polar surface area (TPSA) is 46.5 Å². The zero-order chi connectivity index (χ0) is 15.5. The van der Waals surface area contributed by atoms with Crippen molar-refractivity contribution in [2.45, 2.75) is 44.9 Å². The van der Waals surface area contributed by atoms with Gasteiger partial charge < -0.3 is 9.84 Å². The number of phenolic OH excluding ortho intramolecular Hbond substituents is 1. The van der Waals surface area contributed by atoms with Gasteiger partial charge in [0.15, 0.2) is 11.5 Å². The van der Waals surface area contributed by atoms with Crippen molar-refractivity contribution >= 4 is 5.78 Å². The van der Waals surface area contributed by atoms with E-state index in [-0.39, 0.29) is 11.2 Å². The van der Waals surface area contributed by atoms with Gasteiger partial charge in [-0.1, -0.05) is 18.6 Å². The van der Waals surface area contributed by atoms with E-state index in [4.69, 9.17) is 4.74 Å². The van der Waals surface area contributed by atoms with Crippen LogP contribution in [0.1, 0.15) is 49.7 Å². The van der Waals surface area contributed by atoms with Crippen molar-refractivity contribution in [3.63, 3.8) is 0 Å². The molecule has 3 aliphatic rings. The molecule has 0 spiro atoms. The molecule has 3 aliphatic carbocycles. The summed E-state index contributed by atoms with van der Waals surface area (Å²) in [6, 6.07) is 3.84. The van der Waals surface area contributed by atoms with Gasteiger partial charge in [0.1, 0.15) is 5.78 Å². The van der Waals surface area contributed by atoms with E-state index in [2.05, 4.69) is 13.0 Å². The number of ketones is 1. The van der Waals surface area contributed by atoms with Gasteiger partial charge in [-0.15, -0.1) is 0 Å². The van der Waals surface area contributed by atoms with Crippen molar-refractivity contribution in [1.29, 1.82) is 0 Å². The van der Waals surface area contributed by atoms with Gasteiger partial charge in [0.25, 0.3) is 0 Å². The van der Waals surface area contributed by atoms with E-state index in [1.54, 1.807) is 7.11 Å². The number of allylic oxidation sites excluding steroid dienone is 2. The van der Waals surface area contributed by atoms with Gasteiger partial charge in [0, 0.05) is 17.8 Å². The predicted molar refractivity (Wildman–Crippen MR) is 84.3 cm³/mol. The fraction of sp³-hybridized carbons (Fsp3) is 0.526. The minimum absolute atomic E-state index is 0.138. The summed E-state index contributed by atoms with van der Waals surface area (Å²) in [5, 5.41) is 10.00. The Hall–Kier alpha value is -1.77. The number of carbonyl (C=O) groups is 1. The Bertz CT molecular complexity index is 688. The molecule has 1 N–H and O–H groups in total. The number of Topliss-reactive ketones (excluding diaryl/α,β-unsaturated/α-hetero) is 1. The second-order valence-corrected chi connectivity index (χ2v) is 7.15. The highest BCUT2D eigenvalue weighted by atomic mass is 16.5. The van der Waals surface area contributed by atoms with Crippen LogP contribution >= 0.6 is 0 Å². The zero-order valence-electron chi connectivity index (χ0n) is 13.2. The third kappa shape index (κ3) is 1.71. The van der Waals surface area contributed by atoms with Crippen molar-refractivity contribution < 1.29 is 14.6 Å². The van der Waals surface area contributed by atoms with Crippen LogP contribution in [0.25, 0.3) is 0 Å². The van der Waals surface area contributed by atoms with Gasteiger partial charge in [0.05, 0.1) is 7.11 Å². The monoisotopic (exact) mass is 298 g/mol. The largest absolute Gasteiger partial charge is 0.504 e. The van der Waals surface area contributed by atoms with Crippen LogP contribution in [-0.2, 0) is 11.2 Å². The molecule has 0 unspecified atom stereocenters. The summed E-state index contributed by atoms with van der Waals surface area (Å²) in [7, 11) is 1.59. The summed E-state index contributed by atoms with van der Waals surface area (Å²) in [6.07, 6.45) is 6.89. The summed E-state index contributed by atoms with van der Waals surface area (Å²) in [6.45, 7) is 2.16. The fourth-order valence-electron chi connectivity index (χ4n) is 4.92. The third-order valence-electron chi connectivity index (χ3n) is 6.20. The highest BCUT2D eigenvalue weighted by molar-refractivity contribution is 5.88. The molecule has 0 bridgehead atoms. The Kier molecular flexibility index (Phi) is 2.91. The molecule has 1 aromatic rings. The first-order valence-corrected chi connectivity index (χ1v) is 8.17. The maximum absolute atomic E-state index is 12.3. The van der Waals surface area contributed by atoms with Crippen LogP contribution in [0.15, 0.2) is 23.8 Å². The molecular weight excluding hydrogens is 276 g/mol. The molecule has 0 amide bonds. The van der Waals surface area contributed by atoms with Crippen molar-refractivity contribution in [2.75, 3.05) is 7.11 Å².